The summed E-state index contributed by atoms with van der Waals surface area (Å²) in [6.07, 6.45) is 1.35. The smallest absolute Gasteiger partial charge is 0.253 e. The summed E-state index contributed by atoms with van der Waals surface area (Å²) >= 11 is 17.6. The van der Waals surface area contributed by atoms with E-state index in [1.807, 2.05) is 19.1 Å². The molecule has 0 spiro atoms. The number of pyridine rings is 1. The summed E-state index contributed by atoms with van der Waals surface area (Å²) in [7, 11) is 0. The minimum Gasteiger partial charge on any atom is -0.345 e. The number of halogens is 3. The number of hydrogen-bond donors (Lipinski definition) is 1. The standard InChI is InChI=1S/C14H11Cl3N2O/c1-8(9-3-2-4-10(15)5-9)19-14(20)11-6-13(17)18-7-12(11)16/h2-8H,1H3,(H,19,20). The van der Waals surface area contributed by atoms with Crippen molar-refractivity contribution in [3.8, 4) is 0 Å². The molecule has 1 amide bonds. The number of nitrogens with one attached hydrogen (secondary N) is 1. The molecule has 2 rings (SSSR count). The number of benzene rings is 1. The second-order valence-electron chi connectivity index (χ2n) is 4.24. The van der Waals surface area contributed by atoms with E-state index in [1.165, 1.54) is 12.3 Å². The number of carbonyl (C=O) groups is 1. The fraction of sp³-hybridized carbons (Fsp3) is 0.143. The van der Waals surface area contributed by atoms with Gasteiger partial charge in [-0.3, -0.25) is 4.79 Å². The maximum Gasteiger partial charge on any atom is 0.253 e. The normalized spacial score (nSPS) is 12.0. The van der Waals surface area contributed by atoms with Gasteiger partial charge in [0.05, 0.1) is 16.6 Å². The molecule has 1 atom stereocenters. The zero-order valence-electron chi connectivity index (χ0n) is 10.5. The average molecular weight is 330 g/mol. The summed E-state index contributed by atoms with van der Waals surface area (Å²) in [5, 5.41) is 3.93. The fourth-order valence-corrected chi connectivity index (χ4v) is 2.27. The van der Waals surface area contributed by atoms with E-state index in [0.717, 1.165) is 5.56 Å². The molecule has 0 bridgehead atoms. The van der Waals surface area contributed by atoms with Gasteiger partial charge in [-0.15, -0.1) is 0 Å². The highest BCUT2D eigenvalue weighted by molar-refractivity contribution is 6.35. The van der Waals surface area contributed by atoms with E-state index in [9.17, 15) is 4.79 Å². The van der Waals surface area contributed by atoms with E-state index in [4.69, 9.17) is 34.8 Å². The predicted octanol–water partition coefficient (Wildman–Crippen LogP) is 4.53. The summed E-state index contributed by atoms with van der Waals surface area (Å²) in [6.45, 7) is 1.86. The van der Waals surface area contributed by atoms with E-state index < -0.39 is 0 Å². The highest BCUT2D eigenvalue weighted by Crippen LogP contribution is 2.21. The van der Waals surface area contributed by atoms with Gasteiger partial charge in [-0.05, 0) is 30.7 Å². The van der Waals surface area contributed by atoms with Crippen LogP contribution in [0.2, 0.25) is 15.2 Å². The quantitative estimate of drug-likeness (QED) is 0.840. The van der Waals surface area contributed by atoms with Crippen LogP contribution in [0.4, 0.5) is 0 Å². The van der Waals surface area contributed by atoms with Crippen molar-refractivity contribution in [3.05, 3.63) is 62.9 Å². The number of rotatable bonds is 3. The second kappa shape index (κ2) is 6.44. The molecule has 6 heteroatoms. The van der Waals surface area contributed by atoms with Gasteiger partial charge in [0.25, 0.3) is 5.91 Å². The van der Waals surface area contributed by atoms with Crippen LogP contribution in [0.3, 0.4) is 0 Å². The van der Waals surface area contributed by atoms with Crippen LogP contribution in [0.5, 0.6) is 0 Å². The second-order valence-corrected chi connectivity index (χ2v) is 5.47. The largest absolute Gasteiger partial charge is 0.345 e. The molecule has 1 aromatic heterocycles. The Hall–Kier alpha value is -1.29. The molecule has 1 aromatic carbocycles. The van der Waals surface area contributed by atoms with Gasteiger partial charge in [-0.25, -0.2) is 4.98 Å². The molecule has 0 fully saturated rings. The van der Waals surface area contributed by atoms with Crippen molar-refractivity contribution in [2.24, 2.45) is 0 Å². The topological polar surface area (TPSA) is 42.0 Å². The summed E-state index contributed by atoms with van der Waals surface area (Å²) in [5.74, 6) is -0.313. The lowest BCUT2D eigenvalue weighted by molar-refractivity contribution is 0.0940. The van der Waals surface area contributed by atoms with E-state index in [-0.39, 0.29) is 22.1 Å². The SMILES string of the molecule is CC(NC(=O)c1cc(Cl)ncc1Cl)c1cccc(Cl)c1. The van der Waals surface area contributed by atoms with Gasteiger partial charge in [0, 0.05) is 11.2 Å². The minimum absolute atomic E-state index is 0.204. The molecule has 0 radical (unpaired) electrons. The van der Waals surface area contributed by atoms with Crippen molar-refractivity contribution in [3.63, 3.8) is 0 Å². The van der Waals surface area contributed by atoms with Crippen LogP contribution >= 0.6 is 34.8 Å². The lowest BCUT2D eigenvalue weighted by Gasteiger charge is -2.15. The zero-order chi connectivity index (χ0) is 14.7. The fourth-order valence-electron chi connectivity index (χ4n) is 1.72. The first-order valence-electron chi connectivity index (χ1n) is 5.84. The molecule has 20 heavy (non-hydrogen) atoms. The third-order valence-corrected chi connectivity index (χ3v) is 3.51. The molecule has 0 saturated heterocycles. The number of amides is 1. The highest BCUT2D eigenvalue weighted by Gasteiger charge is 2.15. The first-order valence-corrected chi connectivity index (χ1v) is 6.98. The lowest BCUT2D eigenvalue weighted by Crippen LogP contribution is -2.27. The predicted molar refractivity (Wildman–Crippen MR) is 81.6 cm³/mol. The summed E-state index contributed by atoms with van der Waals surface area (Å²) in [6, 6.07) is 8.52. The van der Waals surface area contributed by atoms with Crippen molar-refractivity contribution in [2.45, 2.75) is 13.0 Å². The van der Waals surface area contributed by atoms with Crippen molar-refractivity contribution < 1.29 is 4.79 Å². The van der Waals surface area contributed by atoms with Gasteiger partial charge in [-0.2, -0.15) is 0 Å². The molecule has 1 N–H and O–H groups in total. The van der Waals surface area contributed by atoms with E-state index in [0.29, 0.717) is 10.6 Å². The van der Waals surface area contributed by atoms with Gasteiger partial charge in [0.15, 0.2) is 0 Å². The molecule has 2 aromatic rings. The van der Waals surface area contributed by atoms with Crippen LogP contribution in [0.1, 0.15) is 28.9 Å². The maximum atomic E-state index is 12.2. The van der Waals surface area contributed by atoms with Gasteiger partial charge < -0.3 is 5.32 Å². The summed E-state index contributed by atoms with van der Waals surface area (Å²) < 4.78 is 0. The lowest BCUT2D eigenvalue weighted by atomic mass is 10.1. The minimum atomic E-state index is -0.313. The Morgan fingerprint density at radius 2 is 2.00 bits per heavy atom. The van der Waals surface area contributed by atoms with Gasteiger partial charge in [0.1, 0.15) is 5.15 Å². The van der Waals surface area contributed by atoms with Crippen molar-refractivity contribution in [1.82, 2.24) is 10.3 Å². The van der Waals surface area contributed by atoms with Gasteiger partial charge in [0.2, 0.25) is 0 Å². The van der Waals surface area contributed by atoms with Crippen LogP contribution in [0.25, 0.3) is 0 Å². The number of nitrogens with zero attached hydrogens (tertiary/aromatic N) is 1. The number of carbonyl (C=O) groups excluding carboxylic acids is 1. The Morgan fingerprint density at radius 1 is 1.25 bits per heavy atom. The molecule has 0 aliphatic carbocycles. The van der Waals surface area contributed by atoms with E-state index in [2.05, 4.69) is 10.3 Å². The van der Waals surface area contributed by atoms with Crippen LogP contribution in [-0.4, -0.2) is 10.9 Å². The van der Waals surface area contributed by atoms with Crippen LogP contribution < -0.4 is 5.32 Å². The first kappa shape index (κ1) is 15.1. The number of hydrogen-bond acceptors (Lipinski definition) is 2. The zero-order valence-corrected chi connectivity index (χ0v) is 12.8. The van der Waals surface area contributed by atoms with E-state index >= 15 is 0 Å². The average Bonchev–Trinajstić information content (AvgIpc) is 2.41. The first-order chi connectivity index (χ1) is 9.47. The molecule has 1 unspecified atom stereocenters. The van der Waals surface area contributed by atoms with Crippen LogP contribution in [-0.2, 0) is 0 Å². The van der Waals surface area contributed by atoms with Crippen molar-refractivity contribution in [1.29, 1.82) is 0 Å². The molecule has 3 nitrogen and oxygen atoms in total. The van der Waals surface area contributed by atoms with Gasteiger partial charge >= 0.3 is 0 Å². The molecule has 1 heterocycles. The van der Waals surface area contributed by atoms with Crippen molar-refractivity contribution in [2.75, 3.05) is 0 Å². The maximum absolute atomic E-state index is 12.2. The summed E-state index contributed by atoms with van der Waals surface area (Å²) in [5.41, 5.74) is 1.20. The monoisotopic (exact) mass is 328 g/mol. The molecular weight excluding hydrogens is 319 g/mol. The third kappa shape index (κ3) is 3.63. The van der Waals surface area contributed by atoms with Crippen molar-refractivity contribution >= 4 is 40.7 Å². The molecule has 0 aliphatic heterocycles. The summed E-state index contributed by atoms with van der Waals surface area (Å²) in [4.78, 5) is 16.0. The van der Waals surface area contributed by atoms with E-state index in [1.54, 1.807) is 12.1 Å². The Morgan fingerprint density at radius 3 is 2.70 bits per heavy atom. The molecular formula is C14H11Cl3N2O. The third-order valence-electron chi connectivity index (χ3n) is 2.76. The highest BCUT2D eigenvalue weighted by atomic mass is 35.5. The van der Waals surface area contributed by atoms with Crippen LogP contribution in [0, 0.1) is 0 Å². The molecule has 0 aliphatic rings. The molecule has 104 valence electrons. The molecule has 0 saturated carbocycles. The Balaban J connectivity index is 2.17. The Kier molecular flexibility index (Phi) is 4.86. The Bertz CT molecular complexity index is 646. The van der Waals surface area contributed by atoms with Gasteiger partial charge in [-0.1, -0.05) is 46.9 Å². The Labute approximate surface area is 131 Å². The number of aromatic nitrogens is 1. The van der Waals surface area contributed by atoms with Crippen LogP contribution in [0.15, 0.2) is 36.5 Å².